The second-order valence-electron chi connectivity index (χ2n) is 7.64. The third-order valence-corrected chi connectivity index (χ3v) is 3.98. The predicted octanol–water partition coefficient (Wildman–Crippen LogP) is 4.26. The molecule has 0 fully saturated rings. The molecule has 1 aromatic rings. The minimum atomic E-state index is -0.566. The molecule has 0 spiro atoms. The molecule has 0 aliphatic heterocycles. The van der Waals surface area contributed by atoms with Crippen LogP contribution >= 0.6 is 12.2 Å². The molecule has 0 unspecified atom stereocenters. The Morgan fingerprint density at radius 1 is 0.897 bits per heavy atom. The molecule has 0 bridgehead atoms. The molecule has 0 atom stereocenters. The average Bonchev–Trinajstić information content (AvgIpc) is 2.64. The molecule has 3 N–H and O–H groups in total. The lowest BCUT2D eigenvalue weighted by atomic mass is 10.1. The predicted molar refractivity (Wildman–Crippen MR) is 118 cm³/mol. The van der Waals surface area contributed by atoms with Gasteiger partial charge in [-0.2, -0.15) is 0 Å². The molecular weight excluding hydrogens is 390 g/mol. The van der Waals surface area contributed by atoms with Crippen molar-refractivity contribution in [3.8, 4) is 0 Å². The third-order valence-electron chi connectivity index (χ3n) is 3.74. The van der Waals surface area contributed by atoms with Gasteiger partial charge in [0.2, 0.25) is 0 Å². The molecule has 162 valence electrons. The molecule has 0 radical (unpaired) electrons. The van der Waals surface area contributed by atoms with Gasteiger partial charge in [0, 0.05) is 13.1 Å². The topological polar surface area (TPSA) is 88.7 Å². The lowest BCUT2D eigenvalue weighted by Crippen LogP contribution is -2.39. The highest BCUT2D eigenvalue weighted by molar-refractivity contribution is 7.80. The Balaban J connectivity index is 1.94. The fourth-order valence-electron chi connectivity index (χ4n) is 2.38. The average molecular weight is 424 g/mol. The lowest BCUT2D eigenvalue weighted by Gasteiger charge is -2.19. The molecule has 0 saturated heterocycles. The van der Waals surface area contributed by atoms with Gasteiger partial charge in [0.1, 0.15) is 12.2 Å². The van der Waals surface area contributed by atoms with E-state index in [1.165, 1.54) is 0 Å². The Labute approximate surface area is 178 Å². The highest BCUT2D eigenvalue weighted by atomic mass is 32.1. The van der Waals surface area contributed by atoms with Gasteiger partial charge in [0.15, 0.2) is 5.11 Å². The summed E-state index contributed by atoms with van der Waals surface area (Å²) in [5.41, 5.74) is 0.452. The molecule has 0 saturated carbocycles. The first-order chi connectivity index (χ1) is 13.8. The normalized spacial score (nSPS) is 10.7. The lowest BCUT2D eigenvalue weighted by molar-refractivity contribution is 0.0527. The second kappa shape index (κ2) is 13.8. The van der Waals surface area contributed by atoms with Crippen molar-refractivity contribution in [2.45, 2.75) is 65.1 Å². The summed E-state index contributed by atoms with van der Waals surface area (Å²) in [7, 11) is 0. The fraction of sp³-hybridized carbons (Fsp3) is 0.571. The summed E-state index contributed by atoms with van der Waals surface area (Å²) in [6.45, 7) is 7.04. The van der Waals surface area contributed by atoms with Crippen LogP contribution in [-0.4, -0.2) is 36.0 Å². The Morgan fingerprint density at radius 2 is 1.48 bits per heavy atom. The van der Waals surface area contributed by atoms with Crippen molar-refractivity contribution < 1.29 is 19.1 Å². The molecule has 2 amide bonds. The Bertz CT molecular complexity index is 633. The number of carbonyl (C=O) groups excluding carboxylic acids is 2. The van der Waals surface area contributed by atoms with E-state index in [2.05, 4.69) is 16.0 Å². The van der Waals surface area contributed by atoms with Gasteiger partial charge in [-0.25, -0.2) is 9.59 Å². The summed E-state index contributed by atoms with van der Waals surface area (Å²) in [6.07, 6.45) is 4.07. The van der Waals surface area contributed by atoms with Crippen molar-refractivity contribution in [1.29, 1.82) is 0 Å². The quantitative estimate of drug-likeness (QED) is 0.385. The van der Waals surface area contributed by atoms with E-state index in [-0.39, 0.29) is 17.8 Å². The molecule has 1 aromatic carbocycles. The van der Waals surface area contributed by atoms with Gasteiger partial charge in [-0.3, -0.25) is 5.32 Å². The Kier molecular flexibility index (Phi) is 11.7. The van der Waals surface area contributed by atoms with Gasteiger partial charge in [-0.1, -0.05) is 49.6 Å². The third kappa shape index (κ3) is 14.3. The van der Waals surface area contributed by atoms with Crippen LogP contribution in [0.4, 0.5) is 9.59 Å². The number of rotatable bonds is 10. The molecule has 0 aliphatic carbocycles. The number of hydrogen-bond acceptors (Lipinski definition) is 5. The zero-order chi connectivity index (χ0) is 21.5. The van der Waals surface area contributed by atoms with Crippen molar-refractivity contribution >= 4 is 29.5 Å². The first-order valence-corrected chi connectivity index (χ1v) is 10.4. The molecule has 0 heterocycles. The summed E-state index contributed by atoms with van der Waals surface area (Å²) < 4.78 is 10.3. The number of amides is 2. The number of ether oxygens (including phenoxy) is 2. The van der Waals surface area contributed by atoms with E-state index in [4.69, 9.17) is 21.7 Å². The summed E-state index contributed by atoms with van der Waals surface area (Å²) in [4.78, 5) is 23.2. The van der Waals surface area contributed by atoms with E-state index in [0.29, 0.717) is 13.1 Å². The molecule has 0 aliphatic rings. The van der Waals surface area contributed by atoms with E-state index in [9.17, 15) is 9.59 Å². The van der Waals surface area contributed by atoms with Gasteiger partial charge in [0.05, 0.1) is 0 Å². The molecule has 0 aromatic heterocycles. The maximum absolute atomic E-state index is 11.7. The summed E-state index contributed by atoms with van der Waals surface area (Å²) in [5, 5.41) is 8.52. The van der Waals surface area contributed by atoms with Crippen LogP contribution in [0, 0.1) is 0 Å². The zero-order valence-electron chi connectivity index (χ0n) is 17.6. The first-order valence-electron chi connectivity index (χ1n) is 9.98. The number of carbonyl (C=O) groups is 2. The summed E-state index contributed by atoms with van der Waals surface area (Å²) in [6, 6.07) is 9.46. The Hall–Kier alpha value is -2.35. The maximum Gasteiger partial charge on any atom is 0.413 e. The highest BCUT2D eigenvalue weighted by Crippen LogP contribution is 2.07. The zero-order valence-corrected chi connectivity index (χ0v) is 18.4. The van der Waals surface area contributed by atoms with Crippen LogP contribution in [0.5, 0.6) is 0 Å². The fourth-order valence-corrected chi connectivity index (χ4v) is 2.57. The van der Waals surface area contributed by atoms with Crippen molar-refractivity contribution in [2.75, 3.05) is 13.1 Å². The van der Waals surface area contributed by atoms with Crippen LogP contribution in [0.25, 0.3) is 0 Å². The maximum atomic E-state index is 11.7. The van der Waals surface area contributed by atoms with Crippen LogP contribution in [0.1, 0.15) is 58.4 Å². The number of thiocarbonyl (C=S) groups is 1. The van der Waals surface area contributed by atoms with Crippen LogP contribution in [0.15, 0.2) is 30.3 Å². The van der Waals surface area contributed by atoms with Gasteiger partial charge >= 0.3 is 12.2 Å². The van der Waals surface area contributed by atoms with Gasteiger partial charge in [-0.05, 0) is 51.4 Å². The van der Waals surface area contributed by atoms with Gasteiger partial charge in [-0.15, -0.1) is 0 Å². The highest BCUT2D eigenvalue weighted by Gasteiger charge is 2.15. The largest absolute Gasteiger partial charge is 0.444 e. The summed E-state index contributed by atoms with van der Waals surface area (Å²) in [5.74, 6) is 0. The van der Waals surface area contributed by atoms with E-state index in [1.807, 2.05) is 51.1 Å². The first kappa shape index (κ1) is 24.7. The van der Waals surface area contributed by atoms with Crippen LogP contribution in [0.2, 0.25) is 0 Å². The molecule has 29 heavy (non-hydrogen) atoms. The van der Waals surface area contributed by atoms with Crippen molar-refractivity contribution in [1.82, 2.24) is 16.0 Å². The van der Waals surface area contributed by atoms with Crippen LogP contribution in [0.3, 0.4) is 0 Å². The summed E-state index contributed by atoms with van der Waals surface area (Å²) >= 11 is 5.08. The van der Waals surface area contributed by atoms with Gasteiger partial charge in [0.25, 0.3) is 0 Å². The van der Waals surface area contributed by atoms with Crippen molar-refractivity contribution in [3.05, 3.63) is 35.9 Å². The Morgan fingerprint density at radius 3 is 2.10 bits per heavy atom. The van der Waals surface area contributed by atoms with E-state index >= 15 is 0 Å². The van der Waals surface area contributed by atoms with E-state index in [1.54, 1.807) is 0 Å². The molecule has 1 rings (SSSR count). The van der Waals surface area contributed by atoms with Crippen molar-refractivity contribution in [3.63, 3.8) is 0 Å². The molecule has 8 heteroatoms. The second-order valence-corrected chi connectivity index (χ2v) is 8.05. The van der Waals surface area contributed by atoms with Crippen molar-refractivity contribution in [2.24, 2.45) is 0 Å². The number of alkyl carbamates (subject to hydrolysis) is 2. The number of unbranched alkanes of at least 4 members (excludes halogenated alkanes) is 4. The minimum Gasteiger partial charge on any atom is -0.444 e. The SMILES string of the molecule is CC(C)(C)OC(=O)NCCCCCCCNC(=S)NC(=O)OCc1ccccc1. The number of benzene rings is 1. The van der Waals surface area contributed by atoms with E-state index in [0.717, 1.165) is 37.7 Å². The van der Waals surface area contributed by atoms with Gasteiger partial charge < -0.3 is 20.1 Å². The standard InChI is InChI=1S/C21H33N3O4S/c1-21(2,3)28-19(25)23-15-11-6-4-5-10-14-22-18(29)24-20(26)27-16-17-12-8-7-9-13-17/h7-9,12-13H,4-6,10-11,14-16H2,1-3H3,(H,23,25)(H2,22,24,26,29). The van der Waals surface area contributed by atoms with E-state index < -0.39 is 11.7 Å². The number of nitrogens with one attached hydrogen (secondary N) is 3. The monoisotopic (exact) mass is 423 g/mol. The van der Waals surface area contributed by atoms with Crippen LogP contribution in [-0.2, 0) is 16.1 Å². The smallest absolute Gasteiger partial charge is 0.413 e. The molecular formula is C21H33N3O4S. The number of hydrogen-bond donors (Lipinski definition) is 3. The minimum absolute atomic E-state index is 0.206. The molecule has 7 nitrogen and oxygen atoms in total. The van der Waals surface area contributed by atoms with Crippen LogP contribution < -0.4 is 16.0 Å².